The molecule has 0 fully saturated rings. The van der Waals surface area contributed by atoms with E-state index >= 15 is 0 Å². The summed E-state index contributed by atoms with van der Waals surface area (Å²) >= 11 is 0. The van der Waals surface area contributed by atoms with Gasteiger partial charge in [-0.1, -0.05) is 18.2 Å². The summed E-state index contributed by atoms with van der Waals surface area (Å²) in [5, 5.41) is 36.2. The summed E-state index contributed by atoms with van der Waals surface area (Å²) in [6, 6.07) is 4.70. The lowest BCUT2D eigenvalue weighted by Crippen LogP contribution is -2.27. The largest absolute Gasteiger partial charge is 0.479 e. The maximum Gasteiger partial charge on any atom is 0.335 e. The number of carboxylic acid groups (broad SMARTS) is 1. The number of benzene rings is 1. The molecule has 0 aliphatic heterocycles. The van der Waals surface area contributed by atoms with Crippen molar-refractivity contribution in [3.05, 3.63) is 34.9 Å². The topological polar surface area (TPSA) is 98.0 Å². The number of aliphatic carboxylic acids is 1. The molecule has 0 aromatic heterocycles. The van der Waals surface area contributed by atoms with Gasteiger partial charge < -0.3 is 20.4 Å². The van der Waals surface area contributed by atoms with Crippen molar-refractivity contribution in [2.45, 2.75) is 25.7 Å². The van der Waals surface area contributed by atoms with E-state index in [1.54, 1.807) is 19.1 Å². The Morgan fingerprint density at radius 1 is 1.38 bits per heavy atom. The first-order chi connectivity index (χ1) is 7.47. The van der Waals surface area contributed by atoms with E-state index in [1.165, 1.54) is 6.07 Å². The van der Waals surface area contributed by atoms with Crippen molar-refractivity contribution in [1.82, 2.24) is 0 Å². The zero-order chi connectivity index (χ0) is 12.3. The van der Waals surface area contributed by atoms with Crippen LogP contribution in [0.5, 0.6) is 0 Å². The number of rotatable bonds is 4. The lowest BCUT2D eigenvalue weighted by molar-refractivity contribution is -0.153. The fraction of sp³-hybridized carbons (Fsp3) is 0.364. The van der Waals surface area contributed by atoms with E-state index in [-0.39, 0.29) is 6.61 Å². The van der Waals surface area contributed by atoms with Crippen LogP contribution in [0.25, 0.3) is 0 Å². The Labute approximate surface area is 92.6 Å². The molecule has 5 nitrogen and oxygen atoms in total. The van der Waals surface area contributed by atoms with E-state index in [9.17, 15) is 15.0 Å². The molecular weight excluding hydrogens is 212 g/mol. The summed E-state index contributed by atoms with van der Waals surface area (Å²) in [5.41, 5.74) is 1.63. The molecule has 4 N–H and O–H groups in total. The second-order valence-electron chi connectivity index (χ2n) is 3.58. The molecule has 16 heavy (non-hydrogen) atoms. The van der Waals surface area contributed by atoms with Crippen LogP contribution < -0.4 is 0 Å². The van der Waals surface area contributed by atoms with Gasteiger partial charge in [0.05, 0.1) is 6.61 Å². The summed E-state index contributed by atoms with van der Waals surface area (Å²) in [7, 11) is 0. The third-order valence-corrected chi connectivity index (χ3v) is 2.39. The zero-order valence-electron chi connectivity index (χ0n) is 8.79. The maximum atomic E-state index is 10.5. The van der Waals surface area contributed by atoms with Crippen molar-refractivity contribution in [2.75, 3.05) is 0 Å². The first kappa shape index (κ1) is 12.6. The van der Waals surface area contributed by atoms with Crippen LogP contribution in [0, 0.1) is 6.92 Å². The molecule has 2 atom stereocenters. The quantitative estimate of drug-likeness (QED) is 0.577. The Hall–Kier alpha value is -1.43. The van der Waals surface area contributed by atoms with Gasteiger partial charge in [-0.25, -0.2) is 4.79 Å². The van der Waals surface area contributed by atoms with Gasteiger partial charge in [-0.05, 0) is 23.6 Å². The number of carbonyl (C=O) groups is 1. The van der Waals surface area contributed by atoms with E-state index in [0.29, 0.717) is 16.7 Å². The molecule has 0 saturated heterocycles. The third kappa shape index (κ3) is 2.57. The smallest absolute Gasteiger partial charge is 0.335 e. The number of aryl methyl sites for hydroxylation is 1. The molecule has 1 aromatic rings. The molecule has 0 saturated carbocycles. The van der Waals surface area contributed by atoms with Gasteiger partial charge in [-0.15, -0.1) is 0 Å². The fourth-order valence-corrected chi connectivity index (χ4v) is 1.47. The Bertz CT molecular complexity index is 388. The minimum atomic E-state index is -1.85. The van der Waals surface area contributed by atoms with Gasteiger partial charge in [0, 0.05) is 0 Å². The SMILES string of the molecule is Cc1cc(CO)ccc1C(O)C(O)C(=O)O. The second kappa shape index (κ2) is 5.07. The summed E-state index contributed by atoms with van der Waals surface area (Å²) in [6.07, 6.45) is -3.32. The van der Waals surface area contributed by atoms with Crippen LogP contribution in [0.15, 0.2) is 18.2 Å². The molecule has 0 heterocycles. The predicted molar refractivity (Wildman–Crippen MR) is 55.7 cm³/mol. The third-order valence-electron chi connectivity index (χ3n) is 2.39. The lowest BCUT2D eigenvalue weighted by atomic mass is 9.97. The monoisotopic (exact) mass is 226 g/mol. The Morgan fingerprint density at radius 2 is 2.00 bits per heavy atom. The van der Waals surface area contributed by atoms with Gasteiger partial charge in [0.25, 0.3) is 0 Å². The van der Waals surface area contributed by atoms with Crippen molar-refractivity contribution in [3.63, 3.8) is 0 Å². The molecule has 1 aromatic carbocycles. The molecular formula is C11H14O5. The summed E-state index contributed by atoms with van der Waals surface area (Å²) in [5.74, 6) is -1.47. The van der Waals surface area contributed by atoms with Gasteiger partial charge in [0.15, 0.2) is 6.10 Å². The number of aliphatic hydroxyl groups excluding tert-OH is 3. The number of hydrogen-bond acceptors (Lipinski definition) is 4. The van der Waals surface area contributed by atoms with Gasteiger partial charge >= 0.3 is 5.97 Å². The predicted octanol–water partition coefficient (Wildman–Crippen LogP) is -0.0338. The number of carboxylic acids is 1. The maximum absolute atomic E-state index is 10.5. The minimum Gasteiger partial charge on any atom is -0.479 e. The molecule has 0 radical (unpaired) electrons. The van der Waals surface area contributed by atoms with Gasteiger partial charge in [-0.2, -0.15) is 0 Å². The molecule has 0 aliphatic rings. The van der Waals surface area contributed by atoms with E-state index in [2.05, 4.69) is 0 Å². The Balaban J connectivity index is 3.00. The number of aliphatic hydroxyl groups is 3. The van der Waals surface area contributed by atoms with Gasteiger partial charge in [0.1, 0.15) is 6.10 Å². The van der Waals surface area contributed by atoms with E-state index < -0.39 is 18.2 Å². The molecule has 2 unspecified atom stereocenters. The molecule has 5 heteroatoms. The van der Waals surface area contributed by atoms with Gasteiger partial charge in [0.2, 0.25) is 0 Å². The molecule has 0 amide bonds. The summed E-state index contributed by atoms with van der Waals surface area (Å²) in [6.45, 7) is 1.55. The highest BCUT2D eigenvalue weighted by atomic mass is 16.4. The normalized spacial score (nSPS) is 14.5. The van der Waals surface area contributed by atoms with Crippen molar-refractivity contribution >= 4 is 5.97 Å². The van der Waals surface area contributed by atoms with E-state index in [4.69, 9.17) is 10.2 Å². The van der Waals surface area contributed by atoms with Crippen molar-refractivity contribution in [3.8, 4) is 0 Å². The summed E-state index contributed by atoms with van der Waals surface area (Å²) < 4.78 is 0. The van der Waals surface area contributed by atoms with Crippen LogP contribution in [-0.2, 0) is 11.4 Å². The fourth-order valence-electron chi connectivity index (χ4n) is 1.47. The second-order valence-corrected chi connectivity index (χ2v) is 3.58. The number of hydrogen-bond donors (Lipinski definition) is 4. The summed E-state index contributed by atoms with van der Waals surface area (Å²) in [4.78, 5) is 10.5. The highest BCUT2D eigenvalue weighted by Crippen LogP contribution is 2.22. The molecule has 88 valence electrons. The van der Waals surface area contributed by atoms with Crippen LogP contribution >= 0.6 is 0 Å². The highest BCUT2D eigenvalue weighted by molar-refractivity contribution is 5.73. The first-order valence-electron chi connectivity index (χ1n) is 4.76. The van der Waals surface area contributed by atoms with E-state index in [0.717, 1.165) is 0 Å². The van der Waals surface area contributed by atoms with Crippen LogP contribution in [0.4, 0.5) is 0 Å². The molecule has 0 spiro atoms. The average molecular weight is 226 g/mol. The van der Waals surface area contributed by atoms with Crippen molar-refractivity contribution in [1.29, 1.82) is 0 Å². The van der Waals surface area contributed by atoms with Crippen molar-refractivity contribution < 1.29 is 25.2 Å². The Kier molecular flexibility index (Phi) is 4.00. The van der Waals surface area contributed by atoms with Crippen LogP contribution in [0.3, 0.4) is 0 Å². The highest BCUT2D eigenvalue weighted by Gasteiger charge is 2.26. The van der Waals surface area contributed by atoms with Crippen LogP contribution in [-0.4, -0.2) is 32.5 Å². The zero-order valence-corrected chi connectivity index (χ0v) is 8.79. The standard InChI is InChI=1S/C11H14O5/c1-6-4-7(5-12)2-3-8(6)9(13)10(14)11(15)16/h2-4,9-10,12-14H,5H2,1H3,(H,15,16). The van der Waals surface area contributed by atoms with Gasteiger partial charge in [-0.3, -0.25) is 0 Å². The van der Waals surface area contributed by atoms with E-state index in [1.807, 2.05) is 0 Å². The average Bonchev–Trinajstić information content (AvgIpc) is 2.26. The molecule has 0 aliphatic carbocycles. The van der Waals surface area contributed by atoms with Crippen molar-refractivity contribution in [2.24, 2.45) is 0 Å². The Morgan fingerprint density at radius 3 is 2.44 bits per heavy atom. The molecule has 0 bridgehead atoms. The molecule has 1 rings (SSSR count). The lowest BCUT2D eigenvalue weighted by Gasteiger charge is -2.17. The minimum absolute atomic E-state index is 0.126. The van der Waals surface area contributed by atoms with Crippen LogP contribution in [0.1, 0.15) is 22.8 Å². The van der Waals surface area contributed by atoms with Crippen LogP contribution in [0.2, 0.25) is 0 Å². The first-order valence-corrected chi connectivity index (χ1v) is 4.76.